The second-order valence-corrected chi connectivity index (χ2v) is 24.4. The van der Waals surface area contributed by atoms with E-state index in [1.165, 1.54) is 128 Å². The number of ether oxygens (including phenoxy) is 4. The Balaban J connectivity index is 1.41. The Morgan fingerprint density at radius 3 is 1.07 bits per heavy atom. The van der Waals surface area contributed by atoms with Gasteiger partial charge in [-0.15, -0.1) is 0 Å². The highest BCUT2D eigenvalue weighted by molar-refractivity contribution is 8.76. The Morgan fingerprint density at radius 1 is 0.403 bits per heavy atom. The topological polar surface area (TPSA) is 112 Å². The molecule has 2 rings (SSSR count). The fraction of sp³-hybridized carbons (Fsp3) is 0.933. The SMILES string of the molecule is CCCCCCCCC(CCCCCC)C(=O)OCCCCC(=O)OCCC1CCN(CCSSCCN2CCC(CCOC(=O)CCCCOC(=O)C(CCCCCC)CCCCCCCC)CC2)CC1. The van der Waals surface area contributed by atoms with Gasteiger partial charge in [-0.1, -0.05) is 178 Å². The maximum atomic E-state index is 12.9. The summed E-state index contributed by atoms with van der Waals surface area (Å²) < 4.78 is 22.6. The average molecular weight is 1050 g/mol. The summed E-state index contributed by atoms with van der Waals surface area (Å²) >= 11 is 0. The quantitative estimate of drug-likeness (QED) is 0.0250. The van der Waals surface area contributed by atoms with E-state index in [9.17, 15) is 19.2 Å². The highest BCUT2D eigenvalue weighted by Gasteiger charge is 2.23. The van der Waals surface area contributed by atoms with Crippen molar-refractivity contribution < 1.29 is 38.1 Å². The molecule has 10 nitrogen and oxygen atoms in total. The number of hydrogen-bond donors (Lipinski definition) is 0. The fourth-order valence-corrected chi connectivity index (χ4v) is 12.4. The Morgan fingerprint density at radius 2 is 0.722 bits per heavy atom. The van der Waals surface area contributed by atoms with Crippen LogP contribution in [0.25, 0.3) is 0 Å². The van der Waals surface area contributed by atoms with Crippen molar-refractivity contribution in [1.82, 2.24) is 9.80 Å². The third-order valence-electron chi connectivity index (χ3n) is 15.4. The number of rotatable bonds is 49. The monoisotopic (exact) mass is 1050 g/mol. The van der Waals surface area contributed by atoms with E-state index in [4.69, 9.17) is 18.9 Å². The molecule has 0 radical (unpaired) electrons. The molecule has 2 fully saturated rings. The molecule has 2 heterocycles. The van der Waals surface area contributed by atoms with Gasteiger partial charge in [0.15, 0.2) is 0 Å². The lowest BCUT2D eigenvalue weighted by atomic mass is 9.94. The van der Waals surface area contributed by atoms with Gasteiger partial charge in [0.2, 0.25) is 0 Å². The number of carbonyl (C=O) groups excluding carboxylic acids is 4. The van der Waals surface area contributed by atoms with E-state index >= 15 is 0 Å². The van der Waals surface area contributed by atoms with Gasteiger partial charge < -0.3 is 28.7 Å². The first kappa shape index (κ1) is 66.6. The van der Waals surface area contributed by atoms with Gasteiger partial charge in [-0.05, 0) is 128 Å². The van der Waals surface area contributed by atoms with Gasteiger partial charge in [-0.25, -0.2) is 0 Å². The number of piperidine rings is 2. The molecule has 0 bridgehead atoms. The molecule has 0 amide bonds. The Kier molecular flexibility index (Phi) is 44.3. The van der Waals surface area contributed by atoms with Crippen molar-refractivity contribution in [3.8, 4) is 0 Å². The molecule has 2 unspecified atom stereocenters. The summed E-state index contributed by atoms with van der Waals surface area (Å²) in [4.78, 5) is 55.9. The van der Waals surface area contributed by atoms with Gasteiger partial charge in [0.05, 0.1) is 38.3 Å². The maximum Gasteiger partial charge on any atom is 0.308 e. The third kappa shape index (κ3) is 37.3. The molecule has 0 saturated carbocycles. The number of nitrogens with zero attached hydrogens (tertiary/aromatic N) is 2. The summed E-state index contributed by atoms with van der Waals surface area (Å²) in [5, 5.41) is 0. The van der Waals surface area contributed by atoms with Crippen molar-refractivity contribution in [3.63, 3.8) is 0 Å². The standard InChI is InChI=1S/C60H112N2O8S2/c1-5-9-13-17-19-23-31-55(29-21-15-11-7-3)59(65)69-47-27-25-33-57(63)67-49-39-53-35-41-61(42-36-53)45-51-71-72-52-46-62-43-37-54(38-44-62)40-50-68-58(64)34-26-28-48-70-60(66)56(30-22-16-12-8-4)32-24-20-18-14-10-6-2/h53-56H,5-52H2,1-4H3. The van der Waals surface area contributed by atoms with Crippen LogP contribution < -0.4 is 0 Å². The smallest absolute Gasteiger partial charge is 0.308 e. The maximum absolute atomic E-state index is 12.9. The van der Waals surface area contributed by atoms with E-state index in [-0.39, 0.29) is 35.7 Å². The summed E-state index contributed by atoms with van der Waals surface area (Å²) in [6, 6.07) is 0. The van der Waals surface area contributed by atoms with E-state index in [0.717, 1.165) is 115 Å². The summed E-state index contributed by atoms with van der Waals surface area (Å²) in [7, 11) is 4.01. The van der Waals surface area contributed by atoms with Crippen LogP contribution in [0.5, 0.6) is 0 Å². The van der Waals surface area contributed by atoms with Crippen LogP contribution in [0.1, 0.15) is 259 Å². The van der Waals surface area contributed by atoms with E-state index in [1.54, 1.807) is 0 Å². The van der Waals surface area contributed by atoms with Crippen molar-refractivity contribution in [3.05, 3.63) is 0 Å². The second-order valence-electron chi connectivity index (χ2n) is 21.7. The van der Waals surface area contributed by atoms with Gasteiger partial charge >= 0.3 is 23.9 Å². The minimum Gasteiger partial charge on any atom is -0.466 e. The zero-order valence-electron chi connectivity index (χ0n) is 47.2. The summed E-state index contributed by atoms with van der Waals surface area (Å²) in [6.07, 6.45) is 38.3. The van der Waals surface area contributed by atoms with Crippen LogP contribution in [0.4, 0.5) is 0 Å². The number of likely N-dealkylation sites (tertiary alicyclic amines) is 2. The highest BCUT2D eigenvalue weighted by atomic mass is 33.1. The molecule has 422 valence electrons. The van der Waals surface area contributed by atoms with Crippen molar-refractivity contribution in [2.24, 2.45) is 23.7 Å². The van der Waals surface area contributed by atoms with Crippen molar-refractivity contribution >= 4 is 45.5 Å². The Hall–Kier alpha value is -1.50. The molecule has 0 aromatic rings. The Labute approximate surface area is 451 Å². The summed E-state index contributed by atoms with van der Waals surface area (Å²) in [5.74, 6) is 3.30. The molecule has 12 heteroatoms. The van der Waals surface area contributed by atoms with Crippen LogP contribution in [0.15, 0.2) is 0 Å². The van der Waals surface area contributed by atoms with E-state index in [2.05, 4.69) is 37.5 Å². The highest BCUT2D eigenvalue weighted by Crippen LogP contribution is 2.27. The first-order chi connectivity index (χ1) is 35.3. The molecule has 0 aromatic carbocycles. The van der Waals surface area contributed by atoms with Gasteiger partial charge in [0.1, 0.15) is 0 Å². The molecule has 0 N–H and O–H groups in total. The van der Waals surface area contributed by atoms with Crippen molar-refractivity contribution in [2.45, 2.75) is 259 Å². The van der Waals surface area contributed by atoms with Gasteiger partial charge in [-0.3, -0.25) is 19.2 Å². The molecule has 2 saturated heterocycles. The van der Waals surface area contributed by atoms with Crippen molar-refractivity contribution in [1.29, 1.82) is 0 Å². The van der Waals surface area contributed by atoms with E-state index in [1.807, 2.05) is 21.6 Å². The molecule has 72 heavy (non-hydrogen) atoms. The number of unbranched alkanes of at least 4 members (excludes halogenated alkanes) is 18. The predicted molar refractivity (Wildman–Crippen MR) is 304 cm³/mol. The number of carbonyl (C=O) groups is 4. The van der Waals surface area contributed by atoms with Gasteiger partial charge in [0, 0.05) is 37.4 Å². The molecule has 2 aliphatic rings. The van der Waals surface area contributed by atoms with Crippen LogP contribution >= 0.6 is 21.6 Å². The lowest BCUT2D eigenvalue weighted by molar-refractivity contribution is -0.150. The zero-order valence-corrected chi connectivity index (χ0v) is 48.9. The fourth-order valence-electron chi connectivity index (χ4n) is 10.3. The van der Waals surface area contributed by atoms with Crippen molar-refractivity contribution in [2.75, 3.05) is 77.2 Å². The first-order valence-corrected chi connectivity index (χ1v) is 33.1. The zero-order chi connectivity index (χ0) is 52.0. The normalized spacial score (nSPS) is 15.9. The number of hydrogen-bond acceptors (Lipinski definition) is 12. The molecular formula is C60H112N2O8S2. The molecule has 0 spiro atoms. The molecule has 0 aliphatic carbocycles. The Bertz CT molecular complexity index is 1200. The summed E-state index contributed by atoms with van der Waals surface area (Å²) in [5.41, 5.74) is 0. The van der Waals surface area contributed by atoms with Crippen LogP contribution in [-0.4, -0.2) is 111 Å². The van der Waals surface area contributed by atoms with Crippen LogP contribution in [0.3, 0.4) is 0 Å². The minimum atomic E-state index is -0.125. The summed E-state index contributed by atoms with van der Waals surface area (Å²) in [6.45, 7) is 17.6. The van der Waals surface area contributed by atoms with E-state index in [0.29, 0.717) is 76.8 Å². The lowest BCUT2D eigenvalue weighted by Gasteiger charge is -2.32. The van der Waals surface area contributed by atoms with Crippen LogP contribution in [-0.2, 0) is 38.1 Å². The molecule has 0 aromatic heterocycles. The second kappa shape index (κ2) is 47.9. The average Bonchev–Trinajstić information content (AvgIpc) is 3.38. The van der Waals surface area contributed by atoms with Crippen LogP contribution in [0, 0.1) is 23.7 Å². The molecule has 2 atom stereocenters. The third-order valence-corrected chi connectivity index (χ3v) is 17.8. The molecular weight excluding hydrogens is 941 g/mol. The molecule has 2 aliphatic heterocycles. The number of esters is 4. The van der Waals surface area contributed by atoms with Gasteiger partial charge in [-0.2, -0.15) is 0 Å². The largest absolute Gasteiger partial charge is 0.466 e. The van der Waals surface area contributed by atoms with E-state index < -0.39 is 0 Å². The minimum absolute atomic E-state index is 0.0246. The predicted octanol–water partition coefficient (Wildman–Crippen LogP) is 15.8. The van der Waals surface area contributed by atoms with Crippen LogP contribution in [0.2, 0.25) is 0 Å². The first-order valence-electron chi connectivity index (χ1n) is 30.6. The lowest BCUT2D eigenvalue weighted by Crippen LogP contribution is -2.36. The van der Waals surface area contributed by atoms with Gasteiger partial charge in [0.25, 0.3) is 0 Å².